The normalized spacial score (nSPS) is 23.2. The van der Waals surface area contributed by atoms with Crippen LogP contribution in [0.1, 0.15) is 41.1 Å². The van der Waals surface area contributed by atoms with Crippen molar-refractivity contribution in [3.8, 4) is 0 Å². The summed E-state index contributed by atoms with van der Waals surface area (Å²) in [4.78, 5) is 33.4. The van der Waals surface area contributed by atoms with E-state index in [1.165, 1.54) is 9.58 Å². The molecular formula is C24H23F2N5O2. The third-order valence-electron chi connectivity index (χ3n) is 7.17. The molecule has 1 saturated carbocycles. The summed E-state index contributed by atoms with van der Waals surface area (Å²) < 4.78 is 28.3. The molecule has 1 saturated heterocycles. The fourth-order valence-electron chi connectivity index (χ4n) is 5.11. The van der Waals surface area contributed by atoms with Crippen molar-refractivity contribution in [2.75, 3.05) is 24.5 Å². The lowest BCUT2D eigenvalue weighted by Crippen LogP contribution is -2.42. The van der Waals surface area contributed by atoms with Crippen LogP contribution in [0.5, 0.6) is 0 Å². The van der Waals surface area contributed by atoms with E-state index in [4.69, 9.17) is 0 Å². The fourth-order valence-corrected chi connectivity index (χ4v) is 5.11. The van der Waals surface area contributed by atoms with Crippen molar-refractivity contribution in [1.82, 2.24) is 19.7 Å². The molecule has 0 N–H and O–H groups in total. The van der Waals surface area contributed by atoms with Gasteiger partial charge in [0, 0.05) is 56.2 Å². The number of amides is 1. The van der Waals surface area contributed by atoms with Crippen molar-refractivity contribution < 1.29 is 13.6 Å². The van der Waals surface area contributed by atoms with Crippen LogP contribution in [0.4, 0.5) is 20.2 Å². The smallest absolute Gasteiger partial charge is 0.292 e. The summed E-state index contributed by atoms with van der Waals surface area (Å²) in [6.45, 7) is 1.01. The van der Waals surface area contributed by atoms with Gasteiger partial charge in [-0.15, -0.1) is 0 Å². The Labute approximate surface area is 188 Å². The number of aromatic nitrogens is 3. The minimum absolute atomic E-state index is 0.0807. The van der Waals surface area contributed by atoms with E-state index in [1.807, 2.05) is 18.2 Å². The Morgan fingerprint density at radius 1 is 1.15 bits per heavy atom. The molecule has 3 aromatic rings. The first-order valence-electron chi connectivity index (χ1n) is 11.2. The van der Waals surface area contributed by atoms with E-state index < -0.39 is 5.92 Å². The van der Waals surface area contributed by atoms with Gasteiger partial charge in [-0.3, -0.25) is 9.59 Å². The average molecular weight is 451 g/mol. The number of hydrogen-bond acceptors (Lipinski definition) is 5. The van der Waals surface area contributed by atoms with Crippen LogP contribution in [0, 0.1) is 5.92 Å². The van der Waals surface area contributed by atoms with Gasteiger partial charge in [0.15, 0.2) is 0 Å². The van der Waals surface area contributed by atoms with Crippen LogP contribution < -0.4 is 10.5 Å². The first-order chi connectivity index (χ1) is 15.8. The van der Waals surface area contributed by atoms with Crippen molar-refractivity contribution in [2.24, 2.45) is 13.0 Å². The highest BCUT2D eigenvalue weighted by molar-refractivity contribution is 5.95. The number of rotatable bonds is 2. The maximum atomic E-state index is 13.5. The van der Waals surface area contributed by atoms with Gasteiger partial charge >= 0.3 is 0 Å². The van der Waals surface area contributed by atoms with E-state index in [2.05, 4.69) is 15.0 Å². The number of pyridine rings is 1. The second-order valence-corrected chi connectivity index (χ2v) is 9.34. The Balaban J connectivity index is 1.33. The van der Waals surface area contributed by atoms with Crippen LogP contribution in [0.2, 0.25) is 0 Å². The predicted molar refractivity (Wildman–Crippen MR) is 119 cm³/mol. The number of carbonyl (C=O) groups excluding carboxylic acids is 1. The molecule has 4 heterocycles. The van der Waals surface area contributed by atoms with Crippen molar-refractivity contribution in [1.29, 1.82) is 0 Å². The zero-order valence-electron chi connectivity index (χ0n) is 18.2. The number of fused-ring (bicyclic) bond motifs is 4. The molecule has 1 amide bonds. The first-order valence-corrected chi connectivity index (χ1v) is 11.2. The third kappa shape index (κ3) is 3.37. The molecule has 0 spiro atoms. The minimum atomic E-state index is -2.68. The second kappa shape index (κ2) is 7.07. The number of anilines is 2. The maximum absolute atomic E-state index is 13.5. The molecule has 2 unspecified atom stereocenters. The quantitative estimate of drug-likeness (QED) is 0.597. The standard InChI is InChI=1S/C24H23F2N5O2/c1-29-23(33)21-15(11-28-29)8-17(12-27-21)31-13-16-10-18(16)19-9-14(2-3-20(19)31)22(32)30-6-4-24(25,26)5-7-30/h2-3,8-9,11-12,16,18H,4-7,10,13H2,1H3. The molecule has 1 aliphatic carbocycles. The number of benzene rings is 1. The van der Waals surface area contributed by atoms with Crippen LogP contribution in [-0.2, 0) is 7.05 Å². The summed E-state index contributed by atoms with van der Waals surface area (Å²) >= 11 is 0. The van der Waals surface area contributed by atoms with Crippen molar-refractivity contribution >= 4 is 28.2 Å². The molecule has 2 fully saturated rings. The Hall–Kier alpha value is -3.36. The Morgan fingerprint density at radius 3 is 2.73 bits per heavy atom. The summed E-state index contributed by atoms with van der Waals surface area (Å²) in [5.74, 6) is -1.95. The molecule has 2 aromatic heterocycles. The zero-order valence-corrected chi connectivity index (χ0v) is 18.2. The van der Waals surface area contributed by atoms with E-state index in [-0.39, 0.29) is 37.4 Å². The van der Waals surface area contributed by atoms with Gasteiger partial charge in [-0.2, -0.15) is 5.10 Å². The number of piperidine rings is 1. The summed E-state index contributed by atoms with van der Waals surface area (Å²) in [7, 11) is 1.60. The number of carbonyl (C=O) groups is 1. The minimum Gasteiger partial charge on any atom is -0.340 e. The topological polar surface area (TPSA) is 71.3 Å². The van der Waals surface area contributed by atoms with Crippen molar-refractivity contribution in [2.45, 2.75) is 31.1 Å². The molecule has 2 aliphatic heterocycles. The highest BCUT2D eigenvalue weighted by atomic mass is 19.3. The number of nitrogens with zero attached hydrogens (tertiary/aromatic N) is 5. The predicted octanol–water partition coefficient (Wildman–Crippen LogP) is 3.46. The van der Waals surface area contributed by atoms with E-state index in [1.54, 1.807) is 25.5 Å². The van der Waals surface area contributed by atoms with Crippen LogP contribution in [0.25, 0.3) is 10.9 Å². The van der Waals surface area contributed by atoms with Crippen LogP contribution in [-0.4, -0.2) is 51.1 Å². The number of alkyl halides is 2. The largest absolute Gasteiger partial charge is 0.340 e. The van der Waals surface area contributed by atoms with E-state index in [0.717, 1.165) is 29.9 Å². The molecule has 2 atom stereocenters. The fraction of sp³-hybridized carbons (Fsp3) is 0.417. The number of halogens is 2. The summed E-state index contributed by atoms with van der Waals surface area (Å²) in [6.07, 6.45) is 3.84. The number of aryl methyl sites for hydroxylation is 1. The first kappa shape index (κ1) is 20.3. The zero-order chi connectivity index (χ0) is 22.9. The molecule has 170 valence electrons. The summed E-state index contributed by atoms with van der Waals surface area (Å²) in [5, 5.41) is 4.79. The van der Waals surface area contributed by atoms with Gasteiger partial charge in [0.25, 0.3) is 17.4 Å². The van der Waals surface area contributed by atoms with Gasteiger partial charge in [0.2, 0.25) is 0 Å². The second-order valence-electron chi connectivity index (χ2n) is 9.34. The van der Waals surface area contributed by atoms with Gasteiger partial charge < -0.3 is 9.80 Å². The Morgan fingerprint density at radius 2 is 1.94 bits per heavy atom. The lowest BCUT2D eigenvalue weighted by atomic mass is 9.97. The molecule has 9 heteroatoms. The van der Waals surface area contributed by atoms with Gasteiger partial charge in [0.1, 0.15) is 5.52 Å². The highest BCUT2D eigenvalue weighted by Crippen LogP contribution is 2.56. The molecule has 7 nitrogen and oxygen atoms in total. The third-order valence-corrected chi connectivity index (χ3v) is 7.17. The van der Waals surface area contributed by atoms with Gasteiger partial charge in [0.05, 0.1) is 18.1 Å². The molecule has 0 bridgehead atoms. The number of hydrogen-bond donors (Lipinski definition) is 0. The van der Waals surface area contributed by atoms with Crippen molar-refractivity contribution in [3.05, 3.63) is 58.1 Å². The molecular weight excluding hydrogens is 428 g/mol. The average Bonchev–Trinajstić information content (AvgIpc) is 3.60. The maximum Gasteiger partial charge on any atom is 0.292 e. The molecule has 3 aliphatic rings. The monoisotopic (exact) mass is 451 g/mol. The van der Waals surface area contributed by atoms with Gasteiger partial charge in [-0.1, -0.05) is 0 Å². The van der Waals surface area contributed by atoms with Gasteiger partial charge in [-0.05, 0) is 48.1 Å². The van der Waals surface area contributed by atoms with E-state index >= 15 is 0 Å². The van der Waals surface area contributed by atoms with Crippen molar-refractivity contribution in [3.63, 3.8) is 0 Å². The Bertz CT molecular complexity index is 1340. The summed E-state index contributed by atoms with van der Waals surface area (Å²) in [6, 6.07) is 7.60. The summed E-state index contributed by atoms with van der Waals surface area (Å²) in [5.41, 5.74) is 3.71. The molecule has 1 aromatic carbocycles. The molecule has 33 heavy (non-hydrogen) atoms. The van der Waals surface area contributed by atoms with Crippen LogP contribution in [0.3, 0.4) is 0 Å². The highest BCUT2D eigenvalue weighted by Gasteiger charge is 2.46. The Kier molecular flexibility index (Phi) is 4.34. The van der Waals surface area contributed by atoms with Crippen LogP contribution in [0.15, 0.2) is 41.5 Å². The van der Waals surface area contributed by atoms with E-state index in [9.17, 15) is 18.4 Å². The number of likely N-dealkylation sites (tertiary alicyclic amines) is 1. The SMILES string of the molecule is Cn1ncc2cc(N3CC4CC4c4cc(C(=O)N5CCC(F)(F)CC5)ccc43)cnc2c1=O. The lowest BCUT2D eigenvalue weighted by molar-refractivity contribution is -0.0494. The molecule has 6 rings (SSSR count). The van der Waals surface area contributed by atoms with E-state index in [0.29, 0.717) is 28.3 Å². The van der Waals surface area contributed by atoms with Crippen LogP contribution >= 0.6 is 0 Å². The lowest BCUT2D eigenvalue weighted by Gasteiger charge is -2.33. The van der Waals surface area contributed by atoms with Gasteiger partial charge in [-0.25, -0.2) is 18.4 Å². The molecule has 0 radical (unpaired) electrons.